The third kappa shape index (κ3) is 5.12. The molecular formula is C18H19ClN2O4. The largest absolute Gasteiger partial charge is 0.497 e. The summed E-state index contributed by atoms with van der Waals surface area (Å²) in [5, 5.41) is 4.52. The number of carbonyl (C=O) groups excluding carboxylic acids is 1. The highest BCUT2D eigenvalue weighted by molar-refractivity contribution is 6.32. The summed E-state index contributed by atoms with van der Waals surface area (Å²) in [5.74, 6) is 1.32. The zero-order chi connectivity index (χ0) is 18.2. The van der Waals surface area contributed by atoms with Crippen molar-refractivity contribution < 1.29 is 19.0 Å². The molecule has 0 radical (unpaired) electrons. The number of nitrogens with one attached hydrogen (secondary N) is 1. The van der Waals surface area contributed by atoms with Crippen molar-refractivity contribution in [3.63, 3.8) is 0 Å². The van der Waals surface area contributed by atoms with Gasteiger partial charge in [-0.25, -0.2) is 5.43 Å². The quantitative estimate of drug-likeness (QED) is 0.606. The average molecular weight is 363 g/mol. The lowest BCUT2D eigenvalue weighted by Crippen LogP contribution is -2.25. The highest BCUT2D eigenvalue weighted by atomic mass is 35.5. The molecular weight excluding hydrogens is 344 g/mol. The van der Waals surface area contributed by atoms with Crippen LogP contribution in [0.25, 0.3) is 0 Å². The molecule has 1 N–H and O–H groups in total. The van der Waals surface area contributed by atoms with Crippen molar-refractivity contribution in [2.45, 2.75) is 6.92 Å². The topological polar surface area (TPSA) is 69.2 Å². The summed E-state index contributed by atoms with van der Waals surface area (Å²) < 4.78 is 15.8. The third-order valence-corrected chi connectivity index (χ3v) is 3.65. The molecule has 0 heterocycles. The van der Waals surface area contributed by atoms with Crippen LogP contribution in [0.3, 0.4) is 0 Å². The Kier molecular flexibility index (Phi) is 6.65. The molecule has 0 bridgehead atoms. The van der Waals surface area contributed by atoms with E-state index in [1.165, 1.54) is 0 Å². The Hall–Kier alpha value is -2.73. The molecule has 25 heavy (non-hydrogen) atoms. The maximum atomic E-state index is 11.9. The smallest absolute Gasteiger partial charge is 0.277 e. The first kappa shape index (κ1) is 18.6. The maximum Gasteiger partial charge on any atom is 0.277 e. The Labute approximate surface area is 151 Å². The van der Waals surface area contributed by atoms with E-state index in [1.807, 2.05) is 6.07 Å². The van der Waals surface area contributed by atoms with E-state index >= 15 is 0 Å². The van der Waals surface area contributed by atoms with Crippen LogP contribution in [0, 0.1) is 0 Å². The molecule has 132 valence electrons. The summed E-state index contributed by atoms with van der Waals surface area (Å²) in [4.78, 5) is 11.9. The van der Waals surface area contributed by atoms with Gasteiger partial charge in [-0.2, -0.15) is 5.10 Å². The van der Waals surface area contributed by atoms with Crippen molar-refractivity contribution in [3.8, 4) is 17.2 Å². The molecule has 7 heteroatoms. The summed E-state index contributed by atoms with van der Waals surface area (Å²) in [6.45, 7) is 1.57. The Morgan fingerprint density at radius 3 is 2.56 bits per heavy atom. The number of rotatable bonds is 7. The minimum absolute atomic E-state index is 0.194. The molecule has 2 aromatic rings. The van der Waals surface area contributed by atoms with Crippen LogP contribution in [0.2, 0.25) is 5.02 Å². The second-order valence-electron chi connectivity index (χ2n) is 5.02. The number of amides is 1. The van der Waals surface area contributed by atoms with E-state index in [1.54, 1.807) is 57.5 Å². The minimum Gasteiger partial charge on any atom is -0.497 e. The van der Waals surface area contributed by atoms with Crippen LogP contribution in [-0.4, -0.2) is 32.4 Å². The van der Waals surface area contributed by atoms with Crippen molar-refractivity contribution in [3.05, 3.63) is 53.1 Å². The molecule has 0 saturated heterocycles. The van der Waals surface area contributed by atoms with Crippen molar-refractivity contribution in [1.82, 2.24) is 5.43 Å². The number of hydrogen-bond acceptors (Lipinski definition) is 5. The molecule has 2 rings (SSSR count). The lowest BCUT2D eigenvalue weighted by molar-refractivity contribution is -0.123. The lowest BCUT2D eigenvalue weighted by atomic mass is 10.1. The van der Waals surface area contributed by atoms with Crippen LogP contribution >= 0.6 is 11.6 Å². The molecule has 0 spiro atoms. The van der Waals surface area contributed by atoms with Crippen LogP contribution < -0.4 is 19.6 Å². The average Bonchev–Trinajstić information content (AvgIpc) is 2.64. The van der Waals surface area contributed by atoms with Gasteiger partial charge in [-0.15, -0.1) is 0 Å². The number of carbonyl (C=O) groups is 1. The first-order valence-electron chi connectivity index (χ1n) is 7.48. The monoisotopic (exact) mass is 362 g/mol. The Morgan fingerprint density at radius 1 is 1.12 bits per heavy atom. The van der Waals surface area contributed by atoms with Crippen LogP contribution in [-0.2, 0) is 4.79 Å². The van der Waals surface area contributed by atoms with Gasteiger partial charge in [0.15, 0.2) is 6.61 Å². The SMILES string of the molecule is COc1ccc(/C(C)=N/NC(=O)COc2ccccc2Cl)c(OC)c1. The first-order valence-corrected chi connectivity index (χ1v) is 7.85. The third-order valence-electron chi connectivity index (χ3n) is 3.34. The van der Waals surface area contributed by atoms with E-state index in [0.717, 1.165) is 5.56 Å². The van der Waals surface area contributed by atoms with Crippen molar-refractivity contribution in [2.75, 3.05) is 20.8 Å². The summed E-state index contributed by atoms with van der Waals surface area (Å²) in [7, 11) is 3.14. The molecule has 0 aliphatic rings. The number of ether oxygens (including phenoxy) is 3. The minimum atomic E-state index is -0.397. The van der Waals surface area contributed by atoms with Gasteiger partial charge in [0.1, 0.15) is 17.2 Å². The van der Waals surface area contributed by atoms with Crippen LogP contribution in [0.15, 0.2) is 47.6 Å². The van der Waals surface area contributed by atoms with Gasteiger partial charge in [-0.3, -0.25) is 4.79 Å². The predicted molar refractivity (Wildman–Crippen MR) is 96.8 cm³/mol. The predicted octanol–water partition coefficient (Wildman–Crippen LogP) is 3.28. The van der Waals surface area contributed by atoms with Gasteiger partial charge in [-0.1, -0.05) is 23.7 Å². The molecule has 1 amide bonds. The fourth-order valence-electron chi connectivity index (χ4n) is 2.04. The molecule has 0 unspecified atom stereocenters. The molecule has 0 atom stereocenters. The summed E-state index contributed by atoms with van der Waals surface area (Å²) in [6.07, 6.45) is 0. The van der Waals surface area contributed by atoms with Gasteiger partial charge in [0.25, 0.3) is 5.91 Å². The molecule has 0 fully saturated rings. The molecule has 2 aromatic carbocycles. The zero-order valence-electron chi connectivity index (χ0n) is 14.2. The Bertz CT molecular complexity index is 777. The molecule has 0 aliphatic heterocycles. The lowest BCUT2D eigenvalue weighted by Gasteiger charge is -2.10. The molecule has 0 aromatic heterocycles. The second kappa shape index (κ2) is 8.94. The van der Waals surface area contributed by atoms with E-state index in [-0.39, 0.29) is 6.61 Å². The van der Waals surface area contributed by atoms with Gasteiger partial charge >= 0.3 is 0 Å². The van der Waals surface area contributed by atoms with Gasteiger partial charge in [-0.05, 0) is 31.2 Å². The van der Waals surface area contributed by atoms with E-state index in [9.17, 15) is 4.79 Å². The van der Waals surface area contributed by atoms with Crippen molar-refractivity contribution in [1.29, 1.82) is 0 Å². The van der Waals surface area contributed by atoms with Crippen molar-refractivity contribution in [2.24, 2.45) is 5.10 Å². The fourth-order valence-corrected chi connectivity index (χ4v) is 2.23. The second-order valence-corrected chi connectivity index (χ2v) is 5.42. The number of para-hydroxylation sites is 1. The van der Waals surface area contributed by atoms with Gasteiger partial charge in [0, 0.05) is 11.6 Å². The zero-order valence-corrected chi connectivity index (χ0v) is 15.0. The van der Waals surface area contributed by atoms with E-state index in [0.29, 0.717) is 28.0 Å². The van der Waals surface area contributed by atoms with Gasteiger partial charge in [0.05, 0.1) is 25.0 Å². The first-order chi connectivity index (χ1) is 12.0. The molecule has 6 nitrogen and oxygen atoms in total. The van der Waals surface area contributed by atoms with Gasteiger partial charge < -0.3 is 14.2 Å². The number of hydrogen-bond donors (Lipinski definition) is 1. The Morgan fingerprint density at radius 2 is 1.88 bits per heavy atom. The number of halogens is 1. The molecule has 0 saturated carbocycles. The van der Waals surface area contributed by atoms with Crippen molar-refractivity contribution >= 4 is 23.2 Å². The van der Waals surface area contributed by atoms with E-state index in [2.05, 4.69) is 10.5 Å². The normalized spacial score (nSPS) is 11.0. The molecule has 0 aliphatic carbocycles. The summed E-state index contributed by atoms with van der Waals surface area (Å²) in [5.41, 5.74) is 3.78. The number of methoxy groups -OCH3 is 2. The highest BCUT2D eigenvalue weighted by Gasteiger charge is 2.09. The Balaban J connectivity index is 1.98. The van der Waals surface area contributed by atoms with E-state index in [4.69, 9.17) is 25.8 Å². The highest BCUT2D eigenvalue weighted by Crippen LogP contribution is 2.25. The number of nitrogens with zero attached hydrogens (tertiary/aromatic N) is 1. The summed E-state index contributed by atoms with van der Waals surface area (Å²) >= 11 is 5.96. The summed E-state index contributed by atoms with van der Waals surface area (Å²) in [6, 6.07) is 12.3. The number of benzene rings is 2. The van der Waals surface area contributed by atoms with Gasteiger partial charge in [0.2, 0.25) is 0 Å². The van der Waals surface area contributed by atoms with E-state index < -0.39 is 5.91 Å². The van der Waals surface area contributed by atoms with Crippen LogP contribution in [0.5, 0.6) is 17.2 Å². The fraction of sp³-hybridized carbons (Fsp3) is 0.222. The number of hydrazone groups is 1. The van der Waals surface area contributed by atoms with Crippen LogP contribution in [0.4, 0.5) is 0 Å². The van der Waals surface area contributed by atoms with Crippen LogP contribution in [0.1, 0.15) is 12.5 Å². The maximum absolute atomic E-state index is 11.9. The standard InChI is InChI=1S/C18H19ClN2O4/c1-12(14-9-8-13(23-2)10-17(14)24-3)20-21-18(22)11-25-16-7-5-4-6-15(16)19/h4-10H,11H2,1-3H3,(H,21,22)/b20-12+.